The van der Waals surface area contributed by atoms with Gasteiger partial charge in [0.1, 0.15) is 18.1 Å². The van der Waals surface area contributed by atoms with Crippen LogP contribution in [0.5, 0.6) is 11.5 Å². The fourth-order valence-electron chi connectivity index (χ4n) is 3.66. The first-order valence-corrected chi connectivity index (χ1v) is 10.5. The summed E-state index contributed by atoms with van der Waals surface area (Å²) in [4.78, 5) is 0. The molecule has 5 heteroatoms. The standard InChI is InChI=1S/C25H29N3O2/c26-23-10-4-5-11-25(23)30-18-21-17-24(28-27-21)20-12-14-22(15-13-20)29-16-6-9-19-7-2-1-3-8-19/h1-5,7-8,10-15,21,24,27-28H,6,9,16-18,26H2. The summed E-state index contributed by atoms with van der Waals surface area (Å²) in [5.41, 5.74) is 15.9. The molecule has 0 bridgehead atoms. The third-order valence-corrected chi connectivity index (χ3v) is 5.34. The molecule has 2 unspecified atom stereocenters. The van der Waals surface area contributed by atoms with Gasteiger partial charge in [0.15, 0.2) is 0 Å². The van der Waals surface area contributed by atoms with Gasteiger partial charge in [0.05, 0.1) is 18.3 Å². The molecule has 156 valence electrons. The van der Waals surface area contributed by atoms with Crippen molar-refractivity contribution in [2.45, 2.75) is 31.3 Å². The third kappa shape index (κ3) is 5.53. The molecule has 30 heavy (non-hydrogen) atoms. The largest absolute Gasteiger partial charge is 0.494 e. The molecular formula is C25H29N3O2. The van der Waals surface area contributed by atoms with Crippen molar-refractivity contribution in [3.63, 3.8) is 0 Å². The molecule has 1 aliphatic rings. The van der Waals surface area contributed by atoms with E-state index < -0.39 is 0 Å². The first-order valence-electron chi connectivity index (χ1n) is 10.5. The Bertz CT molecular complexity index is 915. The van der Waals surface area contributed by atoms with Crippen LogP contribution < -0.4 is 26.1 Å². The Morgan fingerprint density at radius 1 is 0.833 bits per heavy atom. The number of para-hydroxylation sites is 2. The van der Waals surface area contributed by atoms with Crippen LogP contribution in [0.1, 0.15) is 30.0 Å². The number of hydrogen-bond acceptors (Lipinski definition) is 5. The molecule has 0 spiro atoms. The van der Waals surface area contributed by atoms with E-state index >= 15 is 0 Å². The van der Waals surface area contributed by atoms with E-state index in [2.05, 4.69) is 47.2 Å². The summed E-state index contributed by atoms with van der Waals surface area (Å²) in [6.07, 6.45) is 2.99. The van der Waals surface area contributed by atoms with Gasteiger partial charge < -0.3 is 15.2 Å². The van der Waals surface area contributed by atoms with Crippen molar-refractivity contribution >= 4 is 5.69 Å². The number of anilines is 1. The Labute approximate surface area is 178 Å². The molecule has 1 saturated heterocycles. The first kappa shape index (κ1) is 20.3. The molecule has 1 aliphatic heterocycles. The Morgan fingerprint density at radius 2 is 1.60 bits per heavy atom. The highest BCUT2D eigenvalue weighted by atomic mass is 16.5. The second kappa shape index (κ2) is 10.1. The van der Waals surface area contributed by atoms with Crippen LogP contribution in [0.2, 0.25) is 0 Å². The van der Waals surface area contributed by atoms with E-state index in [-0.39, 0.29) is 12.1 Å². The molecule has 4 rings (SSSR count). The van der Waals surface area contributed by atoms with E-state index in [0.717, 1.165) is 37.4 Å². The molecular weight excluding hydrogens is 374 g/mol. The highest BCUT2D eigenvalue weighted by Crippen LogP contribution is 2.26. The molecule has 4 N–H and O–H groups in total. The van der Waals surface area contributed by atoms with E-state index in [1.54, 1.807) is 0 Å². The van der Waals surface area contributed by atoms with Gasteiger partial charge in [0, 0.05) is 6.04 Å². The van der Waals surface area contributed by atoms with Crippen molar-refractivity contribution in [1.29, 1.82) is 0 Å². The van der Waals surface area contributed by atoms with Crippen LogP contribution in [0.15, 0.2) is 78.9 Å². The predicted molar refractivity (Wildman–Crippen MR) is 120 cm³/mol. The van der Waals surface area contributed by atoms with Crippen LogP contribution in [0.25, 0.3) is 0 Å². The number of hydrogen-bond donors (Lipinski definition) is 3. The highest BCUT2D eigenvalue weighted by molar-refractivity contribution is 5.51. The van der Waals surface area contributed by atoms with Gasteiger partial charge in [-0.05, 0) is 54.7 Å². The van der Waals surface area contributed by atoms with Crippen LogP contribution in [0.3, 0.4) is 0 Å². The monoisotopic (exact) mass is 403 g/mol. The normalized spacial score (nSPS) is 18.3. The number of benzene rings is 3. The van der Waals surface area contributed by atoms with E-state index in [1.807, 2.05) is 42.5 Å². The molecule has 3 aromatic rings. The lowest BCUT2D eigenvalue weighted by Gasteiger charge is -2.13. The summed E-state index contributed by atoms with van der Waals surface area (Å²) in [5.74, 6) is 1.65. The number of nitrogen functional groups attached to an aromatic ring is 1. The van der Waals surface area contributed by atoms with Gasteiger partial charge in [-0.25, -0.2) is 5.43 Å². The van der Waals surface area contributed by atoms with Gasteiger partial charge in [-0.3, -0.25) is 5.43 Å². The highest BCUT2D eigenvalue weighted by Gasteiger charge is 2.25. The topological polar surface area (TPSA) is 68.5 Å². The molecule has 3 aromatic carbocycles. The van der Waals surface area contributed by atoms with Crippen LogP contribution >= 0.6 is 0 Å². The number of ether oxygens (including phenoxy) is 2. The molecule has 0 aliphatic carbocycles. The zero-order chi connectivity index (χ0) is 20.6. The Morgan fingerprint density at radius 3 is 2.40 bits per heavy atom. The summed E-state index contributed by atoms with van der Waals surface area (Å²) in [6.45, 7) is 1.29. The predicted octanol–water partition coefficient (Wildman–Crippen LogP) is 4.27. The number of hydrazine groups is 1. The maximum absolute atomic E-state index is 5.94. The van der Waals surface area contributed by atoms with Crippen molar-refractivity contribution in [3.05, 3.63) is 90.0 Å². The quantitative estimate of drug-likeness (QED) is 0.368. The first-order chi connectivity index (χ1) is 14.8. The Hall–Kier alpha value is -3.02. The van der Waals surface area contributed by atoms with E-state index in [1.165, 1.54) is 11.1 Å². The van der Waals surface area contributed by atoms with Gasteiger partial charge in [-0.2, -0.15) is 0 Å². The van der Waals surface area contributed by atoms with Crippen LogP contribution in [0, 0.1) is 0 Å². The van der Waals surface area contributed by atoms with Crippen LogP contribution in [-0.2, 0) is 6.42 Å². The average molecular weight is 404 g/mol. The maximum Gasteiger partial charge on any atom is 0.142 e. The van der Waals surface area contributed by atoms with Crippen molar-refractivity contribution in [2.24, 2.45) is 0 Å². The summed E-state index contributed by atoms with van der Waals surface area (Å²) in [5, 5.41) is 0. The van der Waals surface area contributed by atoms with Gasteiger partial charge in [-0.1, -0.05) is 54.6 Å². The maximum atomic E-state index is 5.94. The Kier molecular flexibility index (Phi) is 6.85. The SMILES string of the molecule is Nc1ccccc1OCC1CC(c2ccc(OCCCc3ccccc3)cc2)NN1. The zero-order valence-corrected chi connectivity index (χ0v) is 17.1. The van der Waals surface area contributed by atoms with Crippen molar-refractivity contribution in [2.75, 3.05) is 18.9 Å². The van der Waals surface area contributed by atoms with Crippen molar-refractivity contribution in [1.82, 2.24) is 10.9 Å². The summed E-state index contributed by atoms with van der Waals surface area (Å²) >= 11 is 0. The fourth-order valence-corrected chi connectivity index (χ4v) is 3.66. The lowest BCUT2D eigenvalue weighted by Crippen LogP contribution is -2.34. The van der Waals surface area contributed by atoms with Crippen molar-refractivity contribution in [3.8, 4) is 11.5 Å². The zero-order valence-electron chi connectivity index (χ0n) is 17.1. The minimum Gasteiger partial charge on any atom is -0.494 e. The summed E-state index contributed by atoms with van der Waals surface area (Å²) in [7, 11) is 0. The third-order valence-electron chi connectivity index (χ3n) is 5.34. The van der Waals surface area contributed by atoms with Gasteiger partial charge in [-0.15, -0.1) is 0 Å². The number of nitrogens with one attached hydrogen (secondary N) is 2. The van der Waals surface area contributed by atoms with Gasteiger partial charge in [0.2, 0.25) is 0 Å². The number of nitrogens with two attached hydrogens (primary N) is 1. The molecule has 0 aromatic heterocycles. The fraction of sp³-hybridized carbons (Fsp3) is 0.280. The minimum atomic E-state index is 0.225. The molecule has 1 fully saturated rings. The smallest absolute Gasteiger partial charge is 0.142 e. The van der Waals surface area contributed by atoms with E-state index in [4.69, 9.17) is 15.2 Å². The molecule has 0 saturated carbocycles. The van der Waals surface area contributed by atoms with Crippen molar-refractivity contribution < 1.29 is 9.47 Å². The summed E-state index contributed by atoms with van der Waals surface area (Å²) < 4.78 is 11.8. The molecule has 2 atom stereocenters. The van der Waals surface area contributed by atoms with Crippen LogP contribution in [0.4, 0.5) is 5.69 Å². The number of aryl methyl sites for hydroxylation is 1. The second-order valence-electron chi connectivity index (χ2n) is 7.63. The molecule has 0 radical (unpaired) electrons. The van der Waals surface area contributed by atoms with E-state index in [0.29, 0.717) is 12.3 Å². The second-order valence-corrected chi connectivity index (χ2v) is 7.63. The Balaban J connectivity index is 1.20. The van der Waals surface area contributed by atoms with E-state index in [9.17, 15) is 0 Å². The molecule has 0 amide bonds. The van der Waals surface area contributed by atoms with Crippen LogP contribution in [-0.4, -0.2) is 19.3 Å². The minimum absolute atomic E-state index is 0.225. The molecule has 1 heterocycles. The average Bonchev–Trinajstić information content (AvgIpc) is 3.26. The lowest BCUT2D eigenvalue weighted by atomic mass is 10.0. The van der Waals surface area contributed by atoms with Gasteiger partial charge in [0.25, 0.3) is 0 Å². The van der Waals surface area contributed by atoms with Gasteiger partial charge >= 0.3 is 0 Å². The number of rotatable bonds is 9. The molecule has 5 nitrogen and oxygen atoms in total. The lowest BCUT2D eigenvalue weighted by molar-refractivity contribution is 0.274. The summed E-state index contributed by atoms with van der Waals surface area (Å²) in [6, 6.07) is 26.9.